The molecule has 1 N–H and O–H groups in total. The van der Waals surface area contributed by atoms with Crippen LogP contribution in [-0.2, 0) is 22.8 Å². The second-order valence-electron chi connectivity index (χ2n) is 6.12. The Hall–Kier alpha value is -2.19. The first-order valence-electron chi connectivity index (χ1n) is 8.24. The second-order valence-corrected chi connectivity index (χ2v) is 8.09. The summed E-state index contributed by atoms with van der Waals surface area (Å²) in [5.74, 6) is 0.258. The van der Waals surface area contributed by atoms with Crippen molar-refractivity contribution in [3.63, 3.8) is 0 Å². The summed E-state index contributed by atoms with van der Waals surface area (Å²) in [6.45, 7) is 3.59. The molecule has 3 rings (SSSR count). The lowest BCUT2D eigenvalue weighted by Crippen LogP contribution is -2.28. The number of rotatable bonds is 5. The van der Waals surface area contributed by atoms with Gasteiger partial charge in [0.15, 0.2) is 26.2 Å². The minimum Gasteiger partial charge on any atom is -0.371 e. The quantitative estimate of drug-likeness (QED) is 0.816. The number of nitrogens with one attached hydrogen (secondary N) is 1. The molecule has 0 unspecified atom stereocenters. The van der Waals surface area contributed by atoms with E-state index >= 15 is 0 Å². The highest BCUT2D eigenvalue weighted by Crippen LogP contribution is 2.28. The maximum Gasteiger partial charge on any atom is 0.189 e. The highest BCUT2D eigenvalue weighted by Gasteiger charge is 2.28. The Bertz CT molecular complexity index is 944. The van der Waals surface area contributed by atoms with E-state index in [1.165, 1.54) is 0 Å². The molecule has 0 bridgehead atoms. The predicted octanol–water partition coefficient (Wildman–Crippen LogP) is 1.66. The third kappa shape index (κ3) is 3.32. The number of nitrogens with zero attached hydrogens (tertiary/aromatic N) is 4. The van der Waals surface area contributed by atoms with Crippen LogP contribution in [0.3, 0.4) is 0 Å². The van der Waals surface area contributed by atoms with Crippen LogP contribution in [0.2, 0.25) is 0 Å². The van der Waals surface area contributed by atoms with E-state index < -0.39 is 9.84 Å². The highest BCUT2D eigenvalue weighted by molar-refractivity contribution is 7.92. The van der Waals surface area contributed by atoms with Gasteiger partial charge in [-0.1, -0.05) is 24.3 Å². The third-order valence-electron chi connectivity index (χ3n) is 4.26. The van der Waals surface area contributed by atoms with Crippen molar-refractivity contribution in [3.05, 3.63) is 41.8 Å². The molecule has 0 fully saturated rings. The average Bonchev–Trinajstić information content (AvgIpc) is 2.98. The molecule has 1 aliphatic rings. The van der Waals surface area contributed by atoms with Crippen molar-refractivity contribution in [2.24, 2.45) is 0 Å². The highest BCUT2D eigenvalue weighted by atomic mass is 32.2. The zero-order chi connectivity index (χ0) is 18.0. The van der Waals surface area contributed by atoms with Crippen molar-refractivity contribution in [3.8, 4) is 0 Å². The SMILES string of the molecule is C/C=C\C=C/CS(=O)(=O)c1c(NC)nn2c3c(cnc12)CN(C)CC3. The van der Waals surface area contributed by atoms with Crippen LogP contribution in [-0.4, -0.2) is 54.3 Å². The molecule has 0 spiro atoms. The smallest absolute Gasteiger partial charge is 0.189 e. The van der Waals surface area contributed by atoms with Crippen LogP contribution in [0, 0.1) is 0 Å². The molecule has 0 saturated heterocycles. The van der Waals surface area contributed by atoms with E-state index in [4.69, 9.17) is 0 Å². The number of sulfone groups is 1. The molecule has 2 aromatic rings. The lowest BCUT2D eigenvalue weighted by molar-refractivity contribution is 0.307. The molecular weight excluding hydrogens is 338 g/mol. The van der Waals surface area contributed by atoms with E-state index in [0.717, 1.165) is 30.8 Å². The molecule has 2 aromatic heterocycles. The van der Waals surface area contributed by atoms with Gasteiger partial charge in [0.25, 0.3) is 0 Å². The predicted molar refractivity (Wildman–Crippen MR) is 98.6 cm³/mol. The molecule has 0 radical (unpaired) electrons. The summed E-state index contributed by atoms with van der Waals surface area (Å²) in [5, 5.41) is 7.40. The van der Waals surface area contributed by atoms with Crippen molar-refractivity contribution < 1.29 is 8.42 Å². The van der Waals surface area contributed by atoms with Crippen molar-refractivity contribution in [2.45, 2.75) is 24.8 Å². The molecule has 7 nitrogen and oxygen atoms in total. The molecular formula is C17H23N5O2S. The third-order valence-corrected chi connectivity index (χ3v) is 5.89. The van der Waals surface area contributed by atoms with E-state index in [1.807, 2.05) is 13.0 Å². The number of anilines is 1. The Morgan fingerprint density at radius 3 is 2.88 bits per heavy atom. The van der Waals surface area contributed by atoms with E-state index in [2.05, 4.69) is 27.3 Å². The number of hydrogen-bond donors (Lipinski definition) is 1. The Morgan fingerprint density at radius 2 is 2.16 bits per heavy atom. The zero-order valence-electron chi connectivity index (χ0n) is 14.7. The summed E-state index contributed by atoms with van der Waals surface area (Å²) in [5.41, 5.74) is 2.51. The zero-order valence-corrected chi connectivity index (χ0v) is 15.5. The summed E-state index contributed by atoms with van der Waals surface area (Å²) in [6, 6.07) is 0. The number of likely N-dealkylation sites (N-methyl/N-ethyl adjacent to an activating group) is 1. The van der Waals surface area contributed by atoms with E-state index in [1.54, 1.807) is 36.0 Å². The van der Waals surface area contributed by atoms with Crippen LogP contribution in [0.4, 0.5) is 5.82 Å². The minimum absolute atomic E-state index is 0.0884. The van der Waals surface area contributed by atoms with Gasteiger partial charge in [-0.25, -0.2) is 17.9 Å². The van der Waals surface area contributed by atoms with E-state index in [0.29, 0.717) is 11.5 Å². The number of hydrogen-bond acceptors (Lipinski definition) is 6. The molecule has 8 heteroatoms. The molecule has 0 aromatic carbocycles. The maximum absolute atomic E-state index is 12.9. The van der Waals surface area contributed by atoms with Gasteiger partial charge in [0.05, 0.1) is 11.4 Å². The molecule has 0 atom stereocenters. The Balaban J connectivity index is 2.12. The van der Waals surface area contributed by atoms with Gasteiger partial charge in [-0.05, 0) is 14.0 Å². The van der Waals surface area contributed by atoms with Gasteiger partial charge in [-0.3, -0.25) is 0 Å². The van der Waals surface area contributed by atoms with Crippen molar-refractivity contribution in [2.75, 3.05) is 31.7 Å². The summed E-state index contributed by atoms with van der Waals surface area (Å²) in [6.07, 6.45) is 9.60. The molecule has 0 amide bonds. The molecule has 1 aliphatic heterocycles. The van der Waals surface area contributed by atoms with Crippen LogP contribution in [0.15, 0.2) is 35.4 Å². The van der Waals surface area contributed by atoms with E-state index in [9.17, 15) is 8.42 Å². The lowest BCUT2D eigenvalue weighted by Gasteiger charge is -2.24. The van der Waals surface area contributed by atoms with Gasteiger partial charge in [0, 0.05) is 38.3 Å². The van der Waals surface area contributed by atoms with Gasteiger partial charge < -0.3 is 10.2 Å². The van der Waals surface area contributed by atoms with Gasteiger partial charge in [0.2, 0.25) is 0 Å². The minimum atomic E-state index is -3.54. The molecule has 0 saturated carbocycles. The van der Waals surface area contributed by atoms with Crippen molar-refractivity contribution >= 4 is 21.3 Å². The largest absolute Gasteiger partial charge is 0.371 e. The van der Waals surface area contributed by atoms with Crippen LogP contribution >= 0.6 is 0 Å². The van der Waals surface area contributed by atoms with Crippen molar-refractivity contribution in [1.29, 1.82) is 0 Å². The first-order valence-corrected chi connectivity index (χ1v) is 9.89. The molecule has 134 valence electrons. The lowest BCUT2D eigenvalue weighted by atomic mass is 10.1. The number of fused-ring (bicyclic) bond motifs is 3. The van der Waals surface area contributed by atoms with E-state index in [-0.39, 0.29) is 10.6 Å². The fraction of sp³-hybridized carbons (Fsp3) is 0.412. The molecule has 25 heavy (non-hydrogen) atoms. The standard InChI is InChI=1S/C17H23N5O2S/c1-4-5-6-7-10-25(23,24)15-16(18-2)20-22-14-8-9-21(3)12-13(14)11-19-17(15)22/h4-7,11H,8-10,12H2,1-3H3,(H,18,20)/b5-4-,7-6-. The van der Waals surface area contributed by atoms with Gasteiger partial charge in [-0.15, -0.1) is 5.10 Å². The first kappa shape index (κ1) is 17.6. The topological polar surface area (TPSA) is 79.6 Å². The van der Waals surface area contributed by atoms with Crippen molar-refractivity contribution in [1.82, 2.24) is 19.5 Å². The van der Waals surface area contributed by atoms with Gasteiger partial charge >= 0.3 is 0 Å². The Labute approximate surface area is 148 Å². The summed E-state index contributed by atoms with van der Waals surface area (Å²) < 4.78 is 27.4. The van der Waals surface area contributed by atoms with Crippen LogP contribution in [0.1, 0.15) is 18.2 Å². The Kier molecular flexibility index (Phi) is 4.91. The van der Waals surface area contributed by atoms with Crippen LogP contribution in [0.5, 0.6) is 0 Å². The van der Waals surface area contributed by atoms with Gasteiger partial charge in [-0.2, -0.15) is 0 Å². The summed E-state index contributed by atoms with van der Waals surface area (Å²) >= 11 is 0. The number of allylic oxidation sites excluding steroid dienone is 3. The fourth-order valence-corrected chi connectivity index (χ4v) is 4.40. The summed E-state index contributed by atoms with van der Waals surface area (Å²) in [7, 11) is 0.192. The molecule has 0 aliphatic carbocycles. The van der Waals surface area contributed by atoms with Gasteiger partial charge in [0.1, 0.15) is 0 Å². The second kappa shape index (κ2) is 6.97. The van der Waals surface area contributed by atoms with Crippen LogP contribution < -0.4 is 5.32 Å². The fourth-order valence-electron chi connectivity index (χ4n) is 3.02. The Morgan fingerprint density at radius 1 is 1.36 bits per heavy atom. The first-order chi connectivity index (χ1) is 12.0. The summed E-state index contributed by atoms with van der Waals surface area (Å²) in [4.78, 5) is 6.80. The number of aromatic nitrogens is 3. The average molecular weight is 361 g/mol. The normalized spacial score (nSPS) is 16.1. The monoisotopic (exact) mass is 361 g/mol. The van der Waals surface area contributed by atoms with Crippen LogP contribution in [0.25, 0.3) is 5.65 Å². The molecule has 3 heterocycles. The maximum atomic E-state index is 12.9.